The molecule has 0 aromatic rings. The second-order valence-electron chi connectivity index (χ2n) is 6.83. The highest BCUT2D eigenvalue weighted by molar-refractivity contribution is 5.78. The lowest BCUT2D eigenvalue weighted by atomic mass is 9.81. The molecule has 1 saturated carbocycles. The maximum absolute atomic E-state index is 11.9. The van der Waals surface area contributed by atoms with Gasteiger partial charge in [0.05, 0.1) is 0 Å². The fourth-order valence-electron chi connectivity index (χ4n) is 2.52. The third-order valence-corrected chi connectivity index (χ3v) is 3.57. The van der Waals surface area contributed by atoms with Crippen molar-refractivity contribution in [2.75, 3.05) is 20.6 Å². The number of ether oxygens (including phenoxy) is 1. The molecule has 1 aliphatic rings. The minimum absolute atomic E-state index is 0.155. The lowest BCUT2D eigenvalue weighted by Gasteiger charge is -2.29. The maximum atomic E-state index is 11.9. The zero-order valence-corrected chi connectivity index (χ0v) is 13.4. The molecule has 1 rings (SSSR count). The highest BCUT2D eigenvalue weighted by Crippen LogP contribution is 2.29. The molecule has 5 heteroatoms. The van der Waals surface area contributed by atoms with Crippen LogP contribution < -0.4 is 5.32 Å². The molecule has 0 radical (unpaired) electrons. The topological polar surface area (TPSA) is 58.6 Å². The minimum atomic E-state index is -0.458. The third-order valence-electron chi connectivity index (χ3n) is 3.57. The number of hydrogen-bond acceptors (Lipinski definition) is 3. The molecule has 0 aliphatic heterocycles. The van der Waals surface area contributed by atoms with Crippen molar-refractivity contribution in [1.82, 2.24) is 10.2 Å². The molecule has 0 saturated heterocycles. The third kappa shape index (κ3) is 5.80. The smallest absolute Gasteiger partial charge is 0.407 e. The molecule has 0 spiro atoms. The SMILES string of the molecule is CN(C)C(=O)[C@H]1CC[C@H](CNC(=O)OC(C)(C)C)CC1. The number of carbonyl (C=O) groups excluding carboxylic acids is 2. The largest absolute Gasteiger partial charge is 0.444 e. The van der Waals surface area contributed by atoms with E-state index >= 15 is 0 Å². The number of alkyl carbamates (subject to hydrolysis) is 1. The summed E-state index contributed by atoms with van der Waals surface area (Å²) in [6.07, 6.45) is 3.44. The van der Waals surface area contributed by atoms with E-state index in [-0.39, 0.29) is 17.9 Å². The summed E-state index contributed by atoms with van der Waals surface area (Å²) in [6.45, 7) is 6.19. The first-order valence-corrected chi connectivity index (χ1v) is 7.37. The Bertz CT molecular complexity index is 340. The number of rotatable bonds is 3. The van der Waals surface area contributed by atoms with E-state index < -0.39 is 5.60 Å². The summed E-state index contributed by atoms with van der Waals surface area (Å²) in [5.74, 6) is 0.833. The first-order chi connectivity index (χ1) is 9.19. The van der Waals surface area contributed by atoms with Gasteiger partial charge in [0, 0.05) is 26.6 Å². The Morgan fingerprint density at radius 1 is 1.15 bits per heavy atom. The van der Waals surface area contributed by atoms with Crippen molar-refractivity contribution in [1.29, 1.82) is 0 Å². The van der Waals surface area contributed by atoms with E-state index in [2.05, 4.69) is 5.32 Å². The zero-order chi connectivity index (χ0) is 15.3. The van der Waals surface area contributed by atoms with Gasteiger partial charge in [0.1, 0.15) is 5.60 Å². The zero-order valence-electron chi connectivity index (χ0n) is 13.4. The fraction of sp³-hybridized carbons (Fsp3) is 0.867. The Kier molecular flexibility index (Phi) is 5.84. The first kappa shape index (κ1) is 16.8. The molecule has 0 aromatic carbocycles. The minimum Gasteiger partial charge on any atom is -0.444 e. The lowest BCUT2D eigenvalue weighted by molar-refractivity contribution is -0.134. The molecule has 1 N–H and O–H groups in total. The molecule has 0 bridgehead atoms. The predicted molar refractivity (Wildman–Crippen MR) is 78.4 cm³/mol. The van der Waals surface area contributed by atoms with Crippen LogP contribution in [0.15, 0.2) is 0 Å². The molecule has 20 heavy (non-hydrogen) atoms. The molecule has 5 nitrogen and oxygen atoms in total. The van der Waals surface area contributed by atoms with Gasteiger partial charge in [-0.05, 0) is 52.4 Å². The van der Waals surface area contributed by atoms with E-state index in [9.17, 15) is 9.59 Å². The highest BCUT2D eigenvalue weighted by atomic mass is 16.6. The number of nitrogens with one attached hydrogen (secondary N) is 1. The molecule has 0 heterocycles. The van der Waals surface area contributed by atoms with Gasteiger partial charge < -0.3 is 15.0 Å². The van der Waals surface area contributed by atoms with Gasteiger partial charge in [-0.15, -0.1) is 0 Å². The Labute approximate surface area is 122 Å². The van der Waals surface area contributed by atoms with Crippen LogP contribution in [-0.4, -0.2) is 43.1 Å². The summed E-state index contributed by atoms with van der Waals surface area (Å²) in [5.41, 5.74) is -0.458. The normalized spacial score (nSPS) is 23.1. The highest BCUT2D eigenvalue weighted by Gasteiger charge is 2.27. The van der Waals surface area contributed by atoms with Crippen molar-refractivity contribution in [3.8, 4) is 0 Å². The van der Waals surface area contributed by atoms with Crippen LogP contribution in [-0.2, 0) is 9.53 Å². The second kappa shape index (κ2) is 6.95. The molecule has 116 valence electrons. The van der Waals surface area contributed by atoms with Crippen LogP contribution in [0, 0.1) is 11.8 Å². The van der Waals surface area contributed by atoms with E-state index in [1.54, 1.807) is 19.0 Å². The van der Waals surface area contributed by atoms with E-state index in [0.717, 1.165) is 25.7 Å². The quantitative estimate of drug-likeness (QED) is 0.865. The summed E-state index contributed by atoms with van der Waals surface area (Å²) >= 11 is 0. The van der Waals surface area contributed by atoms with Gasteiger partial charge in [-0.2, -0.15) is 0 Å². The first-order valence-electron chi connectivity index (χ1n) is 7.37. The Hall–Kier alpha value is -1.26. The average Bonchev–Trinajstić information content (AvgIpc) is 2.34. The van der Waals surface area contributed by atoms with Gasteiger partial charge in [0.2, 0.25) is 5.91 Å². The summed E-state index contributed by atoms with van der Waals surface area (Å²) in [4.78, 5) is 25.1. The van der Waals surface area contributed by atoms with Crippen LogP contribution >= 0.6 is 0 Å². The molecule has 0 atom stereocenters. The van der Waals surface area contributed by atoms with Gasteiger partial charge in [0.15, 0.2) is 0 Å². The molecule has 2 amide bonds. The average molecular weight is 284 g/mol. The number of nitrogens with zero attached hydrogens (tertiary/aromatic N) is 1. The molecular weight excluding hydrogens is 256 g/mol. The number of carbonyl (C=O) groups is 2. The van der Waals surface area contributed by atoms with E-state index in [4.69, 9.17) is 4.74 Å². The fourth-order valence-corrected chi connectivity index (χ4v) is 2.52. The maximum Gasteiger partial charge on any atom is 0.407 e. The van der Waals surface area contributed by atoms with E-state index in [1.807, 2.05) is 20.8 Å². The monoisotopic (exact) mass is 284 g/mol. The number of hydrogen-bond donors (Lipinski definition) is 1. The molecule has 1 aliphatic carbocycles. The molecule has 0 aromatic heterocycles. The standard InChI is InChI=1S/C15H28N2O3/c1-15(2,3)20-14(19)16-10-11-6-8-12(9-7-11)13(18)17(4)5/h11-12H,6-10H2,1-5H3,(H,16,19)/t11-,12-. The van der Waals surface area contributed by atoms with Crippen molar-refractivity contribution in [3.05, 3.63) is 0 Å². The Morgan fingerprint density at radius 3 is 2.15 bits per heavy atom. The summed E-state index contributed by atoms with van der Waals surface area (Å²) in [6, 6.07) is 0. The summed E-state index contributed by atoms with van der Waals surface area (Å²) < 4.78 is 5.21. The van der Waals surface area contributed by atoms with Crippen LogP contribution in [0.25, 0.3) is 0 Å². The molecule has 0 unspecified atom stereocenters. The van der Waals surface area contributed by atoms with Crippen molar-refractivity contribution in [3.63, 3.8) is 0 Å². The van der Waals surface area contributed by atoms with Crippen molar-refractivity contribution >= 4 is 12.0 Å². The van der Waals surface area contributed by atoms with Crippen LogP contribution in [0.3, 0.4) is 0 Å². The van der Waals surface area contributed by atoms with E-state index in [1.165, 1.54) is 0 Å². The van der Waals surface area contributed by atoms with Crippen molar-refractivity contribution in [2.24, 2.45) is 11.8 Å². The van der Waals surface area contributed by atoms with Gasteiger partial charge in [0.25, 0.3) is 0 Å². The van der Waals surface area contributed by atoms with Gasteiger partial charge in [-0.25, -0.2) is 4.79 Å². The number of amides is 2. The van der Waals surface area contributed by atoms with Crippen LogP contribution in [0.4, 0.5) is 4.79 Å². The lowest BCUT2D eigenvalue weighted by Crippen LogP contribution is -2.37. The Balaban J connectivity index is 2.26. The van der Waals surface area contributed by atoms with Gasteiger partial charge in [-0.3, -0.25) is 4.79 Å². The van der Waals surface area contributed by atoms with Crippen LogP contribution in [0.2, 0.25) is 0 Å². The van der Waals surface area contributed by atoms with Crippen molar-refractivity contribution < 1.29 is 14.3 Å². The summed E-state index contributed by atoms with van der Waals surface area (Å²) in [7, 11) is 3.61. The van der Waals surface area contributed by atoms with Gasteiger partial charge in [-0.1, -0.05) is 0 Å². The van der Waals surface area contributed by atoms with Crippen LogP contribution in [0.5, 0.6) is 0 Å². The second-order valence-corrected chi connectivity index (χ2v) is 6.83. The van der Waals surface area contributed by atoms with Gasteiger partial charge >= 0.3 is 6.09 Å². The molecular formula is C15H28N2O3. The molecule has 1 fully saturated rings. The predicted octanol–water partition coefficient (Wildman–Crippen LogP) is 2.41. The Morgan fingerprint density at radius 2 is 1.70 bits per heavy atom. The van der Waals surface area contributed by atoms with Crippen LogP contribution in [0.1, 0.15) is 46.5 Å². The van der Waals surface area contributed by atoms with Crippen molar-refractivity contribution in [2.45, 2.75) is 52.1 Å². The van der Waals surface area contributed by atoms with E-state index in [0.29, 0.717) is 12.5 Å². The summed E-state index contributed by atoms with van der Waals surface area (Å²) in [5, 5.41) is 2.82.